The van der Waals surface area contributed by atoms with Crippen molar-refractivity contribution < 1.29 is 9.13 Å². The molecule has 17 heavy (non-hydrogen) atoms. The topological polar surface area (TPSA) is 27.1 Å². The largest absolute Gasteiger partial charge is 0.485 e. The summed E-state index contributed by atoms with van der Waals surface area (Å²) in [4.78, 5) is 4.11. The van der Waals surface area contributed by atoms with Crippen LogP contribution in [0.25, 0.3) is 0 Å². The molecular weight excluding hydrogens is 243 g/mol. The van der Waals surface area contributed by atoms with Gasteiger partial charge in [0.05, 0.1) is 6.20 Å². The van der Waals surface area contributed by atoms with E-state index >= 15 is 0 Å². The molecule has 0 fully saturated rings. The second-order valence-corrected chi connectivity index (χ2v) is 4.14. The Kier molecular flexibility index (Phi) is 3.33. The van der Waals surface area contributed by atoms with Crippen LogP contribution in [0, 0.1) is 12.7 Å². The first-order valence-corrected chi connectivity index (χ1v) is 5.51. The lowest BCUT2D eigenvalue weighted by Crippen LogP contribution is -2.04. The maximum absolute atomic E-state index is 12.9. The molecule has 0 aliphatic rings. The third kappa shape index (κ3) is 2.58. The van der Waals surface area contributed by atoms with E-state index in [4.69, 9.17) is 16.3 Å². The predicted molar refractivity (Wildman–Crippen MR) is 63.7 cm³/mol. The van der Waals surface area contributed by atoms with Crippen molar-refractivity contribution >= 4 is 11.6 Å². The number of nitrogens with zero attached hydrogens (tertiary/aromatic N) is 2. The molecule has 0 unspecified atom stereocenters. The van der Waals surface area contributed by atoms with Crippen molar-refractivity contribution in [3.63, 3.8) is 0 Å². The summed E-state index contributed by atoms with van der Waals surface area (Å²) >= 11 is 5.86. The number of rotatable bonds is 3. The van der Waals surface area contributed by atoms with E-state index in [2.05, 4.69) is 4.98 Å². The first kappa shape index (κ1) is 11.9. The van der Waals surface area contributed by atoms with Crippen molar-refractivity contribution in [2.24, 2.45) is 7.05 Å². The zero-order valence-electron chi connectivity index (χ0n) is 9.58. The van der Waals surface area contributed by atoms with Crippen LogP contribution in [0.2, 0.25) is 5.15 Å². The van der Waals surface area contributed by atoms with E-state index in [0.29, 0.717) is 17.5 Å². The Labute approximate surface area is 104 Å². The third-order valence-electron chi connectivity index (χ3n) is 2.52. The van der Waals surface area contributed by atoms with Crippen LogP contribution >= 0.6 is 11.6 Å². The molecule has 0 N–H and O–H groups in total. The van der Waals surface area contributed by atoms with Crippen LogP contribution in [-0.2, 0) is 13.7 Å². The molecule has 3 nitrogen and oxygen atoms in total. The monoisotopic (exact) mass is 254 g/mol. The average Bonchev–Trinajstić information content (AvgIpc) is 2.59. The van der Waals surface area contributed by atoms with Crippen LogP contribution in [0.1, 0.15) is 11.4 Å². The molecule has 0 aliphatic heterocycles. The summed E-state index contributed by atoms with van der Waals surface area (Å²) in [7, 11) is 1.81. The summed E-state index contributed by atoms with van der Waals surface area (Å²) in [5.74, 6) is 1.10. The van der Waals surface area contributed by atoms with Crippen LogP contribution in [0.15, 0.2) is 24.4 Å². The van der Waals surface area contributed by atoms with Crippen molar-refractivity contribution in [1.82, 2.24) is 9.55 Å². The highest BCUT2D eigenvalue weighted by atomic mass is 35.5. The molecule has 2 aromatic rings. The Bertz CT molecular complexity index is 539. The smallest absolute Gasteiger partial charge is 0.147 e. The summed E-state index contributed by atoms with van der Waals surface area (Å²) in [5.41, 5.74) is 0.755. The molecule has 0 aliphatic carbocycles. The normalized spacial score (nSPS) is 10.6. The Hall–Kier alpha value is -1.55. The van der Waals surface area contributed by atoms with Gasteiger partial charge in [-0.25, -0.2) is 9.37 Å². The van der Waals surface area contributed by atoms with Gasteiger partial charge in [-0.3, -0.25) is 0 Å². The lowest BCUT2D eigenvalue weighted by molar-refractivity contribution is 0.289. The number of hydrogen-bond donors (Lipinski definition) is 0. The number of aromatic nitrogens is 2. The van der Waals surface area contributed by atoms with Gasteiger partial charge in [0.25, 0.3) is 0 Å². The SMILES string of the molecule is Cc1cc(F)ccc1OCc1ncc(Cl)n1C. The first-order valence-electron chi connectivity index (χ1n) is 5.13. The molecule has 0 spiro atoms. The van der Waals surface area contributed by atoms with E-state index in [1.807, 2.05) is 7.05 Å². The van der Waals surface area contributed by atoms with Gasteiger partial charge in [-0.2, -0.15) is 0 Å². The second kappa shape index (κ2) is 4.75. The number of aryl methyl sites for hydroxylation is 1. The molecule has 5 heteroatoms. The molecule has 0 bridgehead atoms. The quantitative estimate of drug-likeness (QED) is 0.842. The Morgan fingerprint density at radius 1 is 1.47 bits per heavy atom. The van der Waals surface area contributed by atoms with Gasteiger partial charge in [0.1, 0.15) is 29.2 Å². The van der Waals surface area contributed by atoms with Gasteiger partial charge in [-0.05, 0) is 30.7 Å². The number of benzene rings is 1. The van der Waals surface area contributed by atoms with Crippen LogP contribution in [-0.4, -0.2) is 9.55 Å². The highest BCUT2D eigenvalue weighted by Gasteiger charge is 2.06. The minimum atomic E-state index is -0.269. The van der Waals surface area contributed by atoms with Gasteiger partial charge >= 0.3 is 0 Å². The van der Waals surface area contributed by atoms with Gasteiger partial charge in [0.15, 0.2) is 0 Å². The molecule has 90 valence electrons. The van der Waals surface area contributed by atoms with E-state index in [9.17, 15) is 4.39 Å². The summed E-state index contributed by atoms with van der Waals surface area (Å²) in [6, 6.07) is 4.41. The summed E-state index contributed by atoms with van der Waals surface area (Å²) in [6.07, 6.45) is 1.57. The lowest BCUT2D eigenvalue weighted by atomic mass is 10.2. The van der Waals surface area contributed by atoms with Crippen molar-refractivity contribution in [2.75, 3.05) is 0 Å². The van der Waals surface area contributed by atoms with Crippen molar-refractivity contribution in [3.05, 3.63) is 46.8 Å². The van der Waals surface area contributed by atoms with Crippen molar-refractivity contribution in [1.29, 1.82) is 0 Å². The van der Waals surface area contributed by atoms with Crippen molar-refractivity contribution in [3.8, 4) is 5.75 Å². The summed E-state index contributed by atoms with van der Waals surface area (Å²) in [6.45, 7) is 2.10. The van der Waals surface area contributed by atoms with Gasteiger partial charge < -0.3 is 9.30 Å². The Morgan fingerprint density at radius 3 is 2.82 bits per heavy atom. The fourth-order valence-electron chi connectivity index (χ4n) is 1.48. The van der Waals surface area contributed by atoms with E-state index in [1.54, 1.807) is 23.8 Å². The molecule has 1 aromatic heterocycles. The Balaban J connectivity index is 2.10. The van der Waals surface area contributed by atoms with E-state index in [-0.39, 0.29) is 5.82 Å². The number of hydrogen-bond acceptors (Lipinski definition) is 2. The van der Waals surface area contributed by atoms with Gasteiger partial charge in [0, 0.05) is 7.05 Å². The Morgan fingerprint density at radius 2 is 2.24 bits per heavy atom. The van der Waals surface area contributed by atoms with Gasteiger partial charge in [-0.1, -0.05) is 11.6 Å². The zero-order chi connectivity index (χ0) is 12.4. The van der Waals surface area contributed by atoms with Gasteiger partial charge in [0.2, 0.25) is 0 Å². The van der Waals surface area contributed by atoms with Crippen LogP contribution in [0.5, 0.6) is 5.75 Å². The highest BCUT2D eigenvalue weighted by Crippen LogP contribution is 2.20. The molecule has 2 rings (SSSR count). The predicted octanol–water partition coefficient (Wildman–Crippen LogP) is 3.10. The first-order chi connectivity index (χ1) is 8.08. The zero-order valence-corrected chi connectivity index (χ0v) is 10.3. The lowest BCUT2D eigenvalue weighted by Gasteiger charge is -2.09. The molecular formula is C12H12ClFN2O. The summed E-state index contributed by atoms with van der Waals surface area (Å²) < 4.78 is 20.2. The molecule has 0 saturated carbocycles. The fraction of sp³-hybridized carbons (Fsp3) is 0.250. The second-order valence-electron chi connectivity index (χ2n) is 3.75. The molecule has 1 aromatic carbocycles. The van der Waals surface area contributed by atoms with E-state index < -0.39 is 0 Å². The number of ether oxygens (including phenoxy) is 1. The summed E-state index contributed by atoms with van der Waals surface area (Å²) in [5, 5.41) is 0.555. The van der Waals surface area contributed by atoms with Crippen LogP contribution in [0.4, 0.5) is 4.39 Å². The molecule has 0 radical (unpaired) electrons. The third-order valence-corrected chi connectivity index (χ3v) is 2.87. The molecule has 1 heterocycles. The standard InChI is InChI=1S/C12H12ClFN2O/c1-8-5-9(14)3-4-10(8)17-7-12-15-6-11(13)16(12)2/h3-6H,7H2,1-2H3. The van der Waals surface area contributed by atoms with Crippen LogP contribution < -0.4 is 4.74 Å². The van der Waals surface area contributed by atoms with E-state index in [0.717, 1.165) is 11.4 Å². The van der Waals surface area contributed by atoms with Crippen molar-refractivity contribution in [2.45, 2.75) is 13.5 Å². The maximum Gasteiger partial charge on any atom is 0.147 e. The minimum Gasteiger partial charge on any atom is -0.485 e. The number of imidazole rings is 1. The fourth-order valence-corrected chi connectivity index (χ4v) is 1.62. The highest BCUT2D eigenvalue weighted by molar-refractivity contribution is 6.29. The molecule has 0 amide bonds. The average molecular weight is 255 g/mol. The van der Waals surface area contributed by atoms with Crippen LogP contribution in [0.3, 0.4) is 0 Å². The van der Waals surface area contributed by atoms with Gasteiger partial charge in [-0.15, -0.1) is 0 Å². The molecule has 0 atom stereocenters. The molecule has 0 saturated heterocycles. The number of halogens is 2. The minimum absolute atomic E-state index is 0.269. The maximum atomic E-state index is 12.9. The van der Waals surface area contributed by atoms with E-state index in [1.165, 1.54) is 12.1 Å².